The maximum Gasteiger partial charge on any atom is 0.416 e. The third-order valence-electron chi connectivity index (χ3n) is 4.95. The summed E-state index contributed by atoms with van der Waals surface area (Å²) in [5.41, 5.74) is 1.46. The Bertz CT molecular complexity index is 1280. The van der Waals surface area contributed by atoms with E-state index in [4.69, 9.17) is 4.74 Å². The smallest absolute Gasteiger partial charge is 0.416 e. The second-order valence-electron chi connectivity index (χ2n) is 6.87. The summed E-state index contributed by atoms with van der Waals surface area (Å²) in [6.07, 6.45) is -4.49. The van der Waals surface area contributed by atoms with Crippen LogP contribution in [0.4, 0.5) is 13.2 Å². The third kappa shape index (κ3) is 3.94. The van der Waals surface area contributed by atoms with E-state index in [-0.39, 0.29) is 5.56 Å². The minimum atomic E-state index is -4.49. The van der Waals surface area contributed by atoms with Crippen molar-refractivity contribution in [1.29, 1.82) is 0 Å². The molecule has 156 valence electrons. The number of nitrogens with zero attached hydrogens (tertiary/aromatic N) is 1. The van der Waals surface area contributed by atoms with Crippen molar-refractivity contribution in [3.8, 4) is 28.1 Å². The Kier molecular flexibility index (Phi) is 5.10. The highest BCUT2D eigenvalue weighted by atomic mass is 19.4. The number of alkyl halides is 3. The zero-order chi connectivity index (χ0) is 22.2. The molecular formula is C24H16F3NO3. The lowest BCUT2D eigenvalue weighted by Gasteiger charge is -2.15. The minimum absolute atomic E-state index is 0.0508. The highest BCUT2D eigenvalue weighted by molar-refractivity contribution is 5.96. The number of methoxy groups -OCH3 is 1. The molecule has 1 N–H and O–H groups in total. The van der Waals surface area contributed by atoms with Crippen LogP contribution in [-0.2, 0) is 6.18 Å². The van der Waals surface area contributed by atoms with Crippen LogP contribution in [0.1, 0.15) is 15.9 Å². The molecule has 1 heterocycles. The van der Waals surface area contributed by atoms with Crippen molar-refractivity contribution >= 4 is 16.9 Å². The van der Waals surface area contributed by atoms with Crippen molar-refractivity contribution < 1.29 is 27.8 Å². The molecule has 1 aromatic heterocycles. The zero-order valence-corrected chi connectivity index (χ0v) is 16.3. The van der Waals surface area contributed by atoms with E-state index in [1.165, 1.54) is 25.3 Å². The SMILES string of the molecule is COc1cc(-c2ccc(C(F)(F)F)cc2-c2ccccc2)nc2cc(C(=O)O)ccc12. The first kappa shape index (κ1) is 20.4. The van der Waals surface area contributed by atoms with Crippen LogP contribution in [0.25, 0.3) is 33.3 Å². The van der Waals surface area contributed by atoms with Gasteiger partial charge in [-0.1, -0.05) is 36.4 Å². The number of fused-ring (bicyclic) bond motifs is 1. The Morgan fingerprint density at radius 2 is 1.68 bits per heavy atom. The van der Waals surface area contributed by atoms with E-state index in [1.807, 2.05) is 0 Å². The largest absolute Gasteiger partial charge is 0.496 e. The van der Waals surface area contributed by atoms with Gasteiger partial charge in [-0.05, 0) is 41.5 Å². The molecule has 0 atom stereocenters. The summed E-state index contributed by atoms with van der Waals surface area (Å²) in [5, 5.41) is 9.89. The number of carbonyl (C=O) groups is 1. The van der Waals surface area contributed by atoms with Gasteiger partial charge in [0.25, 0.3) is 0 Å². The lowest BCUT2D eigenvalue weighted by atomic mass is 9.94. The Balaban J connectivity index is 1.99. The van der Waals surface area contributed by atoms with Crippen molar-refractivity contribution in [3.05, 3.63) is 83.9 Å². The summed E-state index contributed by atoms with van der Waals surface area (Å²) in [4.78, 5) is 15.9. The van der Waals surface area contributed by atoms with E-state index in [0.717, 1.165) is 12.1 Å². The second kappa shape index (κ2) is 7.75. The molecule has 4 nitrogen and oxygen atoms in total. The molecule has 0 fully saturated rings. The van der Waals surface area contributed by atoms with Crippen LogP contribution >= 0.6 is 0 Å². The van der Waals surface area contributed by atoms with E-state index in [1.54, 1.807) is 42.5 Å². The first-order chi connectivity index (χ1) is 14.8. The van der Waals surface area contributed by atoms with Crippen LogP contribution in [-0.4, -0.2) is 23.2 Å². The number of rotatable bonds is 4. The minimum Gasteiger partial charge on any atom is -0.496 e. The molecule has 0 unspecified atom stereocenters. The van der Waals surface area contributed by atoms with Crippen molar-refractivity contribution in [2.75, 3.05) is 7.11 Å². The van der Waals surface area contributed by atoms with Gasteiger partial charge >= 0.3 is 12.1 Å². The number of aromatic carboxylic acids is 1. The van der Waals surface area contributed by atoms with E-state index < -0.39 is 17.7 Å². The number of pyridine rings is 1. The summed E-state index contributed by atoms with van der Waals surface area (Å²) in [7, 11) is 1.47. The van der Waals surface area contributed by atoms with Crippen LogP contribution in [0.5, 0.6) is 5.75 Å². The fourth-order valence-electron chi connectivity index (χ4n) is 3.44. The molecule has 0 spiro atoms. The fourth-order valence-corrected chi connectivity index (χ4v) is 3.44. The zero-order valence-electron chi connectivity index (χ0n) is 16.3. The Morgan fingerprint density at radius 3 is 2.32 bits per heavy atom. The third-order valence-corrected chi connectivity index (χ3v) is 4.95. The predicted molar refractivity (Wildman–Crippen MR) is 111 cm³/mol. The number of ether oxygens (including phenoxy) is 1. The van der Waals surface area contributed by atoms with Crippen LogP contribution in [0, 0.1) is 0 Å². The number of carboxylic acid groups (broad SMARTS) is 1. The maximum atomic E-state index is 13.4. The predicted octanol–water partition coefficient (Wildman–Crippen LogP) is 6.29. The monoisotopic (exact) mass is 423 g/mol. The Labute approximate surface area is 175 Å². The summed E-state index contributed by atoms with van der Waals surface area (Å²) in [6, 6.07) is 18.3. The molecule has 0 amide bonds. The van der Waals surface area contributed by atoms with Crippen LogP contribution in [0.2, 0.25) is 0 Å². The standard InChI is InChI=1S/C24H16F3NO3/c1-31-22-13-21(28-20-11-15(23(29)30)7-9-18(20)22)17-10-8-16(24(25,26)27)12-19(17)14-5-3-2-4-6-14/h2-13H,1H3,(H,29,30). The first-order valence-electron chi connectivity index (χ1n) is 9.27. The average Bonchev–Trinajstić information content (AvgIpc) is 2.77. The molecule has 4 aromatic rings. The number of halogens is 3. The van der Waals surface area contributed by atoms with Crippen molar-refractivity contribution in [3.63, 3.8) is 0 Å². The molecule has 0 radical (unpaired) electrons. The van der Waals surface area contributed by atoms with E-state index >= 15 is 0 Å². The normalized spacial score (nSPS) is 11.5. The Hall–Kier alpha value is -3.87. The quantitative estimate of drug-likeness (QED) is 0.419. The summed E-state index contributed by atoms with van der Waals surface area (Å²) >= 11 is 0. The molecule has 7 heteroatoms. The number of carboxylic acids is 1. The van der Waals surface area contributed by atoms with Crippen LogP contribution in [0.3, 0.4) is 0 Å². The lowest BCUT2D eigenvalue weighted by molar-refractivity contribution is -0.137. The molecule has 0 bridgehead atoms. The molecule has 0 saturated heterocycles. The maximum absolute atomic E-state index is 13.4. The van der Waals surface area contributed by atoms with E-state index in [9.17, 15) is 23.1 Å². The number of aromatic nitrogens is 1. The first-order valence-corrected chi connectivity index (χ1v) is 9.27. The van der Waals surface area contributed by atoms with Gasteiger partial charge in [0.05, 0.1) is 29.4 Å². The fraction of sp³-hybridized carbons (Fsp3) is 0.0833. The van der Waals surface area contributed by atoms with E-state index in [2.05, 4.69) is 4.98 Å². The van der Waals surface area contributed by atoms with Crippen molar-refractivity contribution in [2.24, 2.45) is 0 Å². The number of hydrogen-bond acceptors (Lipinski definition) is 3. The van der Waals surface area contributed by atoms with Gasteiger partial charge in [0.2, 0.25) is 0 Å². The average molecular weight is 423 g/mol. The summed E-state index contributed by atoms with van der Waals surface area (Å²) in [5.74, 6) is -0.663. The highest BCUT2D eigenvalue weighted by Gasteiger charge is 2.31. The van der Waals surface area contributed by atoms with Gasteiger partial charge in [-0.2, -0.15) is 13.2 Å². The van der Waals surface area contributed by atoms with Gasteiger partial charge in [0, 0.05) is 17.0 Å². The number of hydrogen-bond donors (Lipinski definition) is 1. The Morgan fingerprint density at radius 1 is 0.935 bits per heavy atom. The van der Waals surface area contributed by atoms with Gasteiger partial charge in [-0.25, -0.2) is 9.78 Å². The van der Waals surface area contributed by atoms with Gasteiger partial charge < -0.3 is 9.84 Å². The molecular weight excluding hydrogens is 407 g/mol. The molecule has 3 aromatic carbocycles. The van der Waals surface area contributed by atoms with Crippen molar-refractivity contribution in [2.45, 2.75) is 6.18 Å². The summed E-state index contributed by atoms with van der Waals surface area (Å²) < 4.78 is 45.6. The van der Waals surface area contributed by atoms with Crippen LogP contribution in [0.15, 0.2) is 72.8 Å². The molecule has 4 rings (SSSR count). The van der Waals surface area contributed by atoms with E-state index in [0.29, 0.717) is 39.0 Å². The molecule has 0 saturated carbocycles. The molecule has 0 aliphatic heterocycles. The van der Waals surface area contributed by atoms with Gasteiger partial charge in [0.1, 0.15) is 5.75 Å². The summed E-state index contributed by atoms with van der Waals surface area (Å²) in [6.45, 7) is 0. The van der Waals surface area contributed by atoms with Gasteiger partial charge in [-0.15, -0.1) is 0 Å². The van der Waals surface area contributed by atoms with Gasteiger partial charge in [-0.3, -0.25) is 0 Å². The topological polar surface area (TPSA) is 59.4 Å². The highest BCUT2D eigenvalue weighted by Crippen LogP contribution is 2.39. The lowest BCUT2D eigenvalue weighted by Crippen LogP contribution is -2.05. The molecule has 0 aliphatic rings. The number of benzene rings is 3. The van der Waals surface area contributed by atoms with Crippen LogP contribution < -0.4 is 4.74 Å². The van der Waals surface area contributed by atoms with Crippen molar-refractivity contribution in [1.82, 2.24) is 4.98 Å². The molecule has 31 heavy (non-hydrogen) atoms. The van der Waals surface area contributed by atoms with Gasteiger partial charge in [0.15, 0.2) is 0 Å². The molecule has 0 aliphatic carbocycles. The second-order valence-corrected chi connectivity index (χ2v) is 6.87.